The van der Waals surface area contributed by atoms with Gasteiger partial charge in [-0.25, -0.2) is 0 Å². The van der Waals surface area contributed by atoms with Crippen LogP contribution in [0.15, 0.2) is 0 Å². The fourth-order valence-corrected chi connectivity index (χ4v) is 5.00. The Hall–Kier alpha value is -0.341. The molecule has 0 spiro atoms. The van der Waals surface area contributed by atoms with E-state index in [1.54, 1.807) is 0 Å². The van der Waals surface area contributed by atoms with E-state index in [-0.39, 0.29) is 16.2 Å². The SMILES string of the molecule is Bc1c(B)c(B)c(C2(N)C(=O)CC(B)(B)CC2(B)B)c(Cl)c1B. The fourth-order valence-electron chi connectivity index (χ4n) is 4.56. The van der Waals surface area contributed by atoms with Gasteiger partial charge >= 0.3 is 0 Å². The Balaban J connectivity index is 2.82. The Bertz CT molecular complexity index is 678. The van der Waals surface area contributed by atoms with E-state index in [2.05, 4.69) is 47.1 Å². The van der Waals surface area contributed by atoms with Crippen molar-refractivity contribution in [1.29, 1.82) is 0 Å². The van der Waals surface area contributed by atoms with E-state index in [1.807, 2.05) is 15.7 Å². The predicted molar refractivity (Wildman–Crippen MR) is 124 cm³/mol. The molecule has 1 aromatic rings. The van der Waals surface area contributed by atoms with Crippen LogP contribution >= 0.6 is 11.6 Å². The number of nitrogens with two attached hydrogens (primary N) is 1. The molecule has 1 atom stereocenters. The molecule has 1 aliphatic rings. The maximum Gasteiger partial charge on any atom is 0.155 e. The molecule has 2 rings (SSSR count). The Morgan fingerprint density at radius 2 is 1.39 bits per heavy atom. The van der Waals surface area contributed by atoms with Crippen LogP contribution in [0.25, 0.3) is 0 Å². The summed E-state index contributed by atoms with van der Waals surface area (Å²) in [5, 5.41) is 0.279. The summed E-state index contributed by atoms with van der Waals surface area (Å²) in [5.74, 6) is 0.103. The number of benzene rings is 1. The maximum absolute atomic E-state index is 13.2. The fraction of sp³-hybridized carbons (Fsp3) is 0.417. The molecule has 2 N–H and O–H groups in total. The summed E-state index contributed by atoms with van der Waals surface area (Å²) in [7, 11) is 16.7. The van der Waals surface area contributed by atoms with E-state index in [0.717, 1.165) is 22.9 Å². The molecular weight excluding hydrogens is 296 g/mol. The predicted octanol–water partition coefficient (Wildman–Crippen LogP) is -8.34. The second-order valence-electron chi connectivity index (χ2n) is 8.82. The zero-order valence-corrected chi connectivity index (χ0v) is 16.5. The number of halogens is 1. The first-order chi connectivity index (χ1) is 10.3. The molecule has 1 fully saturated rings. The lowest BCUT2D eigenvalue weighted by Gasteiger charge is -2.53. The Labute approximate surface area is 152 Å². The third-order valence-corrected chi connectivity index (χ3v) is 6.54. The smallest absolute Gasteiger partial charge is 0.155 e. The molecule has 0 heterocycles. The first kappa shape index (κ1) is 19.0. The summed E-state index contributed by atoms with van der Waals surface area (Å²) in [6.45, 7) is 0. The molecule has 1 unspecified atom stereocenters. The maximum atomic E-state index is 13.2. The number of ketones is 1. The van der Waals surface area contributed by atoms with E-state index >= 15 is 0 Å². The number of hydrogen-bond donors (Lipinski definition) is 1. The molecule has 0 radical (unpaired) electrons. The van der Waals surface area contributed by atoms with Crippen molar-refractivity contribution in [2.24, 2.45) is 5.73 Å². The number of Topliss-reactive ketones (excluding diaryl/α,β-unsaturated/α-hetero) is 1. The van der Waals surface area contributed by atoms with Crippen LogP contribution in [0, 0.1) is 0 Å². The summed E-state index contributed by atoms with van der Waals surface area (Å²) in [5.41, 5.74) is 11.1. The molecule has 0 amide bonds. The number of carbonyl (C=O) groups is 1. The second kappa shape index (κ2) is 5.59. The van der Waals surface area contributed by atoms with Crippen molar-refractivity contribution in [3.63, 3.8) is 0 Å². The standard InChI is InChI=1S/C12H22B8ClNO/c13-5-4(9(21)8(16)7(15)6(5)14)12(22)3(23)1-10(17,18)2-11(12,19)20/h1-2,13-20,22H2. The van der Waals surface area contributed by atoms with Gasteiger partial charge in [0.2, 0.25) is 0 Å². The average molecular weight is 318 g/mol. The van der Waals surface area contributed by atoms with Crippen molar-refractivity contribution in [2.75, 3.05) is 0 Å². The minimum absolute atomic E-state index is 0.0291. The van der Waals surface area contributed by atoms with E-state index in [0.29, 0.717) is 11.4 Å². The zero-order chi connectivity index (χ0) is 18.0. The molecule has 1 saturated carbocycles. The van der Waals surface area contributed by atoms with Crippen molar-refractivity contribution >= 4 is 102 Å². The Morgan fingerprint density at radius 3 is 1.87 bits per heavy atom. The van der Waals surface area contributed by atoms with Gasteiger partial charge in [0, 0.05) is 5.02 Å². The van der Waals surface area contributed by atoms with Crippen molar-refractivity contribution in [3.05, 3.63) is 10.6 Å². The van der Waals surface area contributed by atoms with Gasteiger partial charge in [0.05, 0.1) is 21.2 Å². The highest BCUT2D eigenvalue weighted by molar-refractivity contribution is 6.66. The number of hydrogen-bond acceptors (Lipinski definition) is 2. The molecular formula is C12H22B8ClNO. The van der Waals surface area contributed by atoms with Gasteiger partial charge in [-0.05, 0) is 12.0 Å². The summed E-state index contributed by atoms with van der Waals surface area (Å²) >= 11 is 6.73. The quantitative estimate of drug-likeness (QED) is 0.523. The van der Waals surface area contributed by atoms with Crippen LogP contribution in [-0.2, 0) is 10.3 Å². The lowest BCUT2D eigenvalue weighted by molar-refractivity contribution is -0.127. The second-order valence-corrected chi connectivity index (χ2v) is 9.20. The summed E-state index contributed by atoms with van der Waals surface area (Å²) in [4.78, 5) is 13.2. The van der Waals surface area contributed by atoms with E-state index < -0.39 is 5.54 Å². The molecule has 0 saturated heterocycles. The largest absolute Gasteiger partial charge is 0.316 e. The van der Waals surface area contributed by atoms with Crippen LogP contribution < -0.4 is 27.6 Å². The monoisotopic (exact) mass is 319 g/mol. The molecule has 1 aromatic carbocycles. The summed E-state index contributed by atoms with van der Waals surface area (Å²) in [6.07, 6.45) is 1.39. The molecule has 11 heteroatoms. The Kier molecular flexibility index (Phi) is 4.62. The molecule has 1 aliphatic carbocycles. The average Bonchev–Trinajstić information content (AvgIpc) is 2.39. The summed E-state index contributed by atoms with van der Waals surface area (Å²) < 4.78 is 0. The summed E-state index contributed by atoms with van der Waals surface area (Å²) in [6, 6.07) is 0. The van der Waals surface area contributed by atoms with E-state index in [9.17, 15) is 4.79 Å². The first-order valence-electron chi connectivity index (χ1n) is 8.35. The highest BCUT2D eigenvalue weighted by atomic mass is 35.5. The number of rotatable bonds is 1. The highest BCUT2D eigenvalue weighted by Gasteiger charge is 2.56. The van der Waals surface area contributed by atoms with Gasteiger partial charge in [0.1, 0.15) is 47.1 Å². The van der Waals surface area contributed by atoms with Crippen LogP contribution in [0.2, 0.25) is 15.5 Å². The first-order valence-corrected chi connectivity index (χ1v) is 8.72. The Morgan fingerprint density at radius 1 is 0.913 bits per heavy atom. The normalized spacial score (nSPS) is 26.1. The highest BCUT2D eigenvalue weighted by Crippen LogP contribution is 2.55. The molecule has 23 heavy (non-hydrogen) atoms. The van der Waals surface area contributed by atoms with Crippen LogP contribution in [0.3, 0.4) is 0 Å². The number of carbonyl (C=O) groups excluding carboxylic acids is 1. The molecule has 2 nitrogen and oxygen atoms in total. The molecule has 0 aromatic heterocycles. The van der Waals surface area contributed by atoms with E-state index in [1.165, 1.54) is 10.9 Å². The lowest BCUT2D eigenvalue weighted by atomic mass is 9.30. The van der Waals surface area contributed by atoms with Crippen LogP contribution in [0.5, 0.6) is 0 Å². The van der Waals surface area contributed by atoms with Crippen molar-refractivity contribution < 1.29 is 4.79 Å². The topological polar surface area (TPSA) is 43.1 Å². The third-order valence-electron chi connectivity index (χ3n) is 6.07. The van der Waals surface area contributed by atoms with Crippen molar-refractivity contribution in [2.45, 2.75) is 28.8 Å². The van der Waals surface area contributed by atoms with Gasteiger partial charge in [-0.3, -0.25) is 4.79 Å². The third kappa shape index (κ3) is 2.70. The van der Waals surface area contributed by atoms with E-state index in [4.69, 9.17) is 17.3 Å². The van der Waals surface area contributed by atoms with Gasteiger partial charge in [-0.15, -0.1) is 10.9 Å². The van der Waals surface area contributed by atoms with Gasteiger partial charge in [-0.1, -0.05) is 39.4 Å². The van der Waals surface area contributed by atoms with Crippen LogP contribution in [0.4, 0.5) is 0 Å². The zero-order valence-electron chi connectivity index (χ0n) is 15.8. The van der Waals surface area contributed by atoms with Gasteiger partial charge in [0.25, 0.3) is 0 Å². The minimum Gasteiger partial charge on any atom is -0.316 e. The van der Waals surface area contributed by atoms with Gasteiger partial charge in [-0.2, -0.15) is 0 Å². The molecule has 112 valence electrons. The minimum atomic E-state index is -1.03. The van der Waals surface area contributed by atoms with Crippen molar-refractivity contribution in [3.8, 4) is 0 Å². The molecule has 0 aliphatic heterocycles. The van der Waals surface area contributed by atoms with Crippen LogP contribution in [0.1, 0.15) is 18.4 Å². The van der Waals surface area contributed by atoms with Crippen LogP contribution in [-0.4, -0.2) is 68.6 Å². The van der Waals surface area contributed by atoms with Gasteiger partial charge in [0.15, 0.2) is 5.78 Å². The molecule has 0 bridgehead atoms. The van der Waals surface area contributed by atoms with Crippen molar-refractivity contribution in [1.82, 2.24) is 0 Å². The lowest BCUT2D eigenvalue weighted by Crippen LogP contribution is -2.64. The van der Waals surface area contributed by atoms with Gasteiger partial charge < -0.3 is 5.73 Å².